The number of nitrogens with zero attached hydrogens (tertiary/aromatic N) is 1. The van der Waals surface area contributed by atoms with Gasteiger partial charge in [0.2, 0.25) is 0 Å². The predicted molar refractivity (Wildman–Crippen MR) is 96.1 cm³/mol. The highest BCUT2D eigenvalue weighted by Gasteiger charge is 2.41. The maximum absolute atomic E-state index is 12.4. The highest BCUT2D eigenvalue weighted by Crippen LogP contribution is 2.34. The molecule has 1 aromatic carbocycles. The number of thioether (sulfide) groups is 1. The number of hydrogen-bond acceptors (Lipinski definition) is 6. The van der Waals surface area contributed by atoms with Crippen molar-refractivity contribution in [2.24, 2.45) is 0 Å². The zero-order valence-electron chi connectivity index (χ0n) is 14.6. The zero-order valence-corrected chi connectivity index (χ0v) is 15.5. The first-order valence-corrected chi connectivity index (χ1v) is 8.80. The molecule has 1 saturated heterocycles. The van der Waals surface area contributed by atoms with Gasteiger partial charge in [-0.25, -0.2) is 4.79 Å². The van der Waals surface area contributed by atoms with Crippen LogP contribution in [0.4, 0.5) is 4.79 Å². The minimum Gasteiger partial charge on any atom is -0.491 e. The molecule has 1 fully saturated rings. The summed E-state index contributed by atoms with van der Waals surface area (Å²) in [6.07, 6.45) is 2.66. The van der Waals surface area contributed by atoms with Crippen LogP contribution in [0.15, 0.2) is 29.2 Å². The van der Waals surface area contributed by atoms with Crippen LogP contribution in [0.1, 0.15) is 32.8 Å². The van der Waals surface area contributed by atoms with Crippen LogP contribution in [0.2, 0.25) is 0 Å². The first-order valence-electron chi connectivity index (χ1n) is 7.99. The summed E-state index contributed by atoms with van der Waals surface area (Å²) >= 11 is 0.811. The molecule has 2 amide bonds. The normalized spacial score (nSPS) is 18.4. The van der Waals surface area contributed by atoms with E-state index < -0.39 is 23.2 Å². The minimum absolute atomic E-state index is 0.127. The Labute approximate surface area is 151 Å². The monoisotopic (exact) mass is 363 g/mol. The second-order valence-corrected chi connectivity index (χ2v) is 6.65. The van der Waals surface area contributed by atoms with Gasteiger partial charge in [-0.15, -0.1) is 0 Å². The summed E-state index contributed by atoms with van der Waals surface area (Å²) in [6.45, 7) is 5.50. The first kappa shape index (κ1) is 19.1. The molecular formula is C18H21NO5S. The Bertz CT molecular complexity index is 698. The van der Waals surface area contributed by atoms with Gasteiger partial charge in [-0.3, -0.25) is 14.5 Å². The first-order chi connectivity index (χ1) is 11.9. The average molecular weight is 363 g/mol. The van der Waals surface area contributed by atoms with E-state index in [-0.39, 0.29) is 11.0 Å². The molecule has 0 N–H and O–H groups in total. The molecule has 1 heterocycles. The molecule has 0 spiro atoms. The van der Waals surface area contributed by atoms with Crippen molar-refractivity contribution in [1.82, 2.24) is 4.90 Å². The number of methoxy groups -OCH3 is 1. The third kappa shape index (κ3) is 4.42. The molecule has 0 unspecified atom stereocenters. The summed E-state index contributed by atoms with van der Waals surface area (Å²) in [5, 5.41) is -0.481. The molecule has 0 aromatic heterocycles. The standard InChI is InChI=1S/C18H21NO5S/c1-5-11(2)24-14-8-6-13(7-9-14)10-15-16(20)19(18(22)25-15)12(3)17(21)23-4/h6-12H,5H2,1-4H3/b15-10+/t11-,12-/m1/s1. The highest BCUT2D eigenvalue weighted by molar-refractivity contribution is 8.18. The maximum atomic E-state index is 12.4. The smallest absolute Gasteiger partial charge is 0.328 e. The highest BCUT2D eigenvalue weighted by atomic mass is 32.2. The van der Waals surface area contributed by atoms with Crippen LogP contribution in [0.3, 0.4) is 0 Å². The zero-order chi connectivity index (χ0) is 18.6. The Hall–Kier alpha value is -2.28. The summed E-state index contributed by atoms with van der Waals surface area (Å²) in [6, 6.07) is 6.32. The maximum Gasteiger partial charge on any atom is 0.328 e. The van der Waals surface area contributed by atoms with Crippen LogP contribution >= 0.6 is 11.8 Å². The van der Waals surface area contributed by atoms with Crippen LogP contribution in [0, 0.1) is 0 Å². The van der Waals surface area contributed by atoms with Gasteiger partial charge in [0.05, 0.1) is 18.1 Å². The van der Waals surface area contributed by atoms with Crippen LogP contribution in [-0.2, 0) is 14.3 Å². The SMILES string of the molecule is CC[C@@H](C)Oc1ccc(/C=C2/SC(=O)N([C@H](C)C(=O)OC)C2=O)cc1. The van der Waals surface area contributed by atoms with Gasteiger partial charge >= 0.3 is 5.97 Å². The van der Waals surface area contributed by atoms with E-state index in [2.05, 4.69) is 4.74 Å². The van der Waals surface area contributed by atoms with Crippen LogP contribution < -0.4 is 4.74 Å². The molecule has 0 bridgehead atoms. The lowest BCUT2D eigenvalue weighted by Gasteiger charge is -2.18. The summed E-state index contributed by atoms with van der Waals surface area (Å²) in [4.78, 5) is 37.3. The predicted octanol–water partition coefficient (Wildman–Crippen LogP) is 3.46. The summed E-state index contributed by atoms with van der Waals surface area (Å²) in [5.41, 5.74) is 0.771. The number of benzene rings is 1. The Balaban J connectivity index is 2.15. The minimum atomic E-state index is -0.949. The summed E-state index contributed by atoms with van der Waals surface area (Å²) < 4.78 is 10.3. The lowest BCUT2D eigenvalue weighted by molar-refractivity contribution is -0.148. The third-order valence-corrected chi connectivity index (χ3v) is 4.73. The van der Waals surface area contributed by atoms with Gasteiger partial charge in [-0.2, -0.15) is 0 Å². The molecular weight excluding hydrogens is 342 g/mol. The Morgan fingerprint density at radius 1 is 1.24 bits per heavy atom. The molecule has 1 aliphatic heterocycles. The lowest BCUT2D eigenvalue weighted by atomic mass is 10.2. The average Bonchev–Trinajstić information content (AvgIpc) is 2.88. The van der Waals surface area contributed by atoms with Gasteiger partial charge in [0.1, 0.15) is 11.8 Å². The van der Waals surface area contributed by atoms with Crippen molar-refractivity contribution < 1.29 is 23.9 Å². The second-order valence-electron chi connectivity index (χ2n) is 5.66. The van der Waals surface area contributed by atoms with Gasteiger partial charge in [-0.05, 0) is 55.8 Å². The molecule has 2 atom stereocenters. The van der Waals surface area contributed by atoms with Crippen molar-refractivity contribution in [3.8, 4) is 5.75 Å². The number of ether oxygens (including phenoxy) is 2. The molecule has 2 rings (SSSR count). The molecule has 6 nitrogen and oxygen atoms in total. The van der Waals surface area contributed by atoms with Crippen LogP contribution in [0.25, 0.3) is 6.08 Å². The molecule has 0 aliphatic carbocycles. The van der Waals surface area contributed by atoms with Gasteiger partial charge in [-0.1, -0.05) is 19.1 Å². The Kier molecular flexibility index (Phi) is 6.25. The number of hydrogen-bond donors (Lipinski definition) is 0. The Morgan fingerprint density at radius 2 is 1.88 bits per heavy atom. The largest absolute Gasteiger partial charge is 0.491 e. The van der Waals surface area contributed by atoms with Crippen molar-refractivity contribution in [1.29, 1.82) is 0 Å². The molecule has 134 valence electrons. The van der Waals surface area contributed by atoms with E-state index in [1.54, 1.807) is 6.08 Å². The number of carbonyl (C=O) groups excluding carboxylic acids is 3. The van der Waals surface area contributed by atoms with Gasteiger partial charge < -0.3 is 9.47 Å². The molecule has 7 heteroatoms. The van der Waals surface area contributed by atoms with Crippen molar-refractivity contribution in [2.45, 2.75) is 39.3 Å². The summed E-state index contributed by atoms with van der Waals surface area (Å²) in [5.74, 6) is -0.373. The number of imide groups is 1. The molecule has 1 aromatic rings. The fourth-order valence-corrected chi connectivity index (χ4v) is 3.11. The number of amides is 2. The second kappa shape index (κ2) is 8.20. The van der Waals surface area contributed by atoms with E-state index in [9.17, 15) is 14.4 Å². The van der Waals surface area contributed by atoms with E-state index in [0.29, 0.717) is 0 Å². The van der Waals surface area contributed by atoms with Gasteiger partial charge in [0.15, 0.2) is 0 Å². The Morgan fingerprint density at radius 3 is 2.44 bits per heavy atom. The van der Waals surface area contributed by atoms with Gasteiger partial charge in [0, 0.05) is 0 Å². The topological polar surface area (TPSA) is 72.9 Å². The van der Waals surface area contributed by atoms with Gasteiger partial charge in [0.25, 0.3) is 11.1 Å². The fourth-order valence-electron chi connectivity index (χ4n) is 2.20. The lowest BCUT2D eigenvalue weighted by Crippen LogP contribution is -2.42. The number of carbonyl (C=O) groups is 3. The van der Waals surface area contributed by atoms with Crippen LogP contribution in [-0.4, -0.2) is 41.3 Å². The van der Waals surface area contributed by atoms with E-state index in [1.165, 1.54) is 14.0 Å². The number of rotatable bonds is 6. The summed E-state index contributed by atoms with van der Waals surface area (Å²) in [7, 11) is 1.22. The molecule has 0 radical (unpaired) electrons. The van der Waals surface area contributed by atoms with Crippen molar-refractivity contribution in [3.63, 3.8) is 0 Å². The van der Waals surface area contributed by atoms with Crippen molar-refractivity contribution >= 4 is 35.0 Å². The van der Waals surface area contributed by atoms with Crippen molar-refractivity contribution in [2.75, 3.05) is 7.11 Å². The van der Waals surface area contributed by atoms with E-state index in [0.717, 1.165) is 34.4 Å². The van der Waals surface area contributed by atoms with Crippen LogP contribution in [0.5, 0.6) is 5.75 Å². The molecule has 0 saturated carbocycles. The van der Waals surface area contributed by atoms with Crippen molar-refractivity contribution in [3.05, 3.63) is 34.7 Å². The van der Waals surface area contributed by atoms with E-state index in [4.69, 9.17) is 4.74 Å². The van der Waals surface area contributed by atoms with E-state index in [1.807, 2.05) is 38.1 Å². The molecule has 1 aliphatic rings. The third-order valence-electron chi connectivity index (χ3n) is 3.84. The molecule has 25 heavy (non-hydrogen) atoms. The quantitative estimate of drug-likeness (QED) is 0.569. The number of esters is 1. The van der Waals surface area contributed by atoms with E-state index >= 15 is 0 Å². The fraction of sp³-hybridized carbons (Fsp3) is 0.389.